The van der Waals surface area contributed by atoms with Crippen LogP contribution in [0.3, 0.4) is 0 Å². The fourth-order valence-electron chi connectivity index (χ4n) is 4.02. The molecule has 0 radical (unpaired) electrons. The van der Waals surface area contributed by atoms with Gasteiger partial charge in [0.1, 0.15) is 11.8 Å². The standard InChI is InChI=1S/C28H30N2O4S/c1-23-13-15-25(16-14-23)35(32,33)30(22-24-8-3-2-4-9-24)17-7-11-27(29-18-20-34-21-19-29)26-10-5-6-12-28(26)31/h2-6,8-10,12-16,27,31H,17-22H2,1H3. The van der Waals surface area contributed by atoms with Gasteiger partial charge < -0.3 is 9.84 Å². The molecular formula is C28H30N2O4S. The number of phenolic OH excluding ortho intramolecular Hbond substituents is 1. The molecular weight excluding hydrogens is 460 g/mol. The van der Waals surface area contributed by atoms with Crippen molar-refractivity contribution in [2.24, 2.45) is 0 Å². The van der Waals surface area contributed by atoms with Gasteiger partial charge in [0.25, 0.3) is 0 Å². The van der Waals surface area contributed by atoms with Crippen molar-refractivity contribution in [3.8, 4) is 17.6 Å². The average molecular weight is 491 g/mol. The molecule has 0 amide bonds. The maximum Gasteiger partial charge on any atom is 0.244 e. The zero-order chi connectivity index (χ0) is 24.7. The van der Waals surface area contributed by atoms with Gasteiger partial charge in [-0.25, -0.2) is 8.42 Å². The number of rotatable bonds is 7. The fourth-order valence-corrected chi connectivity index (χ4v) is 5.35. The van der Waals surface area contributed by atoms with E-state index in [1.54, 1.807) is 36.4 Å². The molecule has 0 aromatic heterocycles. The first-order valence-corrected chi connectivity index (χ1v) is 13.1. The number of phenols is 1. The van der Waals surface area contributed by atoms with Gasteiger partial charge in [0.2, 0.25) is 10.0 Å². The van der Waals surface area contributed by atoms with Crippen LogP contribution in [-0.2, 0) is 21.3 Å². The van der Waals surface area contributed by atoms with Gasteiger partial charge in [0, 0.05) is 25.2 Å². The molecule has 1 fully saturated rings. The summed E-state index contributed by atoms with van der Waals surface area (Å²) in [6.45, 7) is 4.71. The Bertz CT molecular complexity index is 1280. The lowest BCUT2D eigenvalue weighted by atomic mass is 10.0. The Morgan fingerprint density at radius 1 is 0.971 bits per heavy atom. The van der Waals surface area contributed by atoms with Crippen molar-refractivity contribution in [2.75, 3.05) is 32.8 Å². The van der Waals surface area contributed by atoms with Crippen LogP contribution in [-0.4, -0.2) is 55.6 Å². The maximum absolute atomic E-state index is 13.5. The molecule has 3 aromatic rings. The van der Waals surface area contributed by atoms with Crippen LogP contribution in [0.15, 0.2) is 83.8 Å². The number of morpholine rings is 1. The normalized spacial score (nSPS) is 15.4. The summed E-state index contributed by atoms with van der Waals surface area (Å²) in [7, 11) is -3.76. The monoisotopic (exact) mass is 490 g/mol. The highest BCUT2D eigenvalue weighted by molar-refractivity contribution is 7.89. The number of aryl methyl sites for hydroxylation is 1. The number of sulfonamides is 1. The van der Waals surface area contributed by atoms with Crippen LogP contribution in [0.2, 0.25) is 0 Å². The highest BCUT2D eigenvalue weighted by Crippen LogP contribution is 2.28. The number of aromatic hydroxyl groups is 1. The van der Waals surface area contributed by atoms with Gasteiger partial charge in [-0.15, -0.1) is 0 Å². The Labute approximate surface area is 207 Å². The highest BCUT2D eigenvalue weighted by Gasteiger charge is 2.25. The molecule has 1 atom stereocenters. The topological polar surface area (TPSA) is 70.1 Å². The molecule has 3 aromatic carbocycles. The summed E-state index contributed by atoms with van der Waals surface area (Å²) < 4.78 is 34.0. The molecule has 182 valence electrons. The Kier molecular flexibility index (Phi) is 8.21. The van der Waals surface area contributed by atoms with E-state index in [1.165, 1.54) is 4.31 Å². The molecule has 0 saturated carbocycles. The van der Waals surface area contributed by atoms with Gasteiger partial charge in [0.15, 0.2) is 0 Å². The molecule has 0 spiro atoms. The second kappa shape index (κ2) is 11.5. The molecule has 1 saturated heterocycles. The Balaban J connectivity index is 1.65. The van der Waals surface area contributed by atoms with Crippen molar-refractivity contribution < 1.29 is 18.3 Å². The van der Waals surface area contributed by atoms with Gasteiger partial charge in [-0.2, -0.15) is 4.31 Å². The lowest BCUT2D eigenvalue weighted by Crippen LogP contribution is -2.38. The third-order valence-electron chi connectivity index (χ3n) is 6.00. The summed E-state index contributed by atoms with van der Waals surface area (Å²) in [6, 6.07) is 23.2. The quantitative estimate of drug-likeness (QED) is 0.508. The van der Waals surface area contributed by atoms with Crippen molar-refractivity contribution in [3.63, 3.8) is 0 Å². The van der Waals surface area contributed by atoms with Crippen LogP contribution in [0, 0.1) is 18.8 Å². The molecule has 4 rings (SSSR count). The predicted molar refractivity (Wildman–Crippen MR) is 136 cm³/mol. The van der Waals surface area contributed by atoms with Crippen molar-refractivity contribution >= 4 is 10.0 Å². The van der Waals surface area contributed by atoms with Crippen LogP contribution in [0.5, 0.6) is 5.75 Å². The smallest absolute Gasteiger partial charge is 0.244 e. The van der Waals surface area contributed by atoms with Crippen LogP contribution >= 0.6 is 0 Å². The van der Waals surface area contributed by atoms with Crippen LogP contribution in [0.4, 0.5) is 0 Å². The first kappa shape index (κ1) is 25.0. The van der Waals surface area contributed by atoms with Gasteiger partial charge in [-0.1, -0.05) is 78.1 Å². The molecule has 1 unspecified atom stereocenters. The lowest BCUT2D eigenvalue weighted by Gasteiger charge is -2.32. The van der Waals surface area contributed by atoms with Crippen molar-refractivity contribution in [3.05, 3.63) is 95.6 Å². The minimum Gasteiger partial charge on any atom is -0.508 e. The molecule has 1 N–H and O–H groups in total. The summed E-state index contributed by atoms with van der Waals surface area (Å²) in [6.07, 6.45) is 0. The number of hydrogen-bond donors (Lipinski definition) is 1. The summed E-state index contributed by atoms with van der Waals surface area (Å²) in [4.78, 5) is 2.40. The van der Waals surface area contributed by atoms with E-state index in [9.17, 15) is 13.5 Å². The van der Waals surface area contributed by atoms with E-state index in [-0.39, 0.29) is 29.8 Å². The van der Waals surface area contributed by atoms with Gasteiger partial charge in [0.05, 0.1) is 24.7 Å². The summed E-state index contributed by atoms with van der Waals surface area (Å²) in [5, 5.41) is 10.5. The minimum absolute atomic E-state index is 0.0273. The van der Waals surface area contributed by atoms with Crippen LogP contribution in [0.1, 0.15) is 22.7 Å². The number of benzene rings is 3. The minimum atomic E-state index is -3.76. The van der Waals surface area contributed by atoms with Gasteiger partial charge in [-0.05, 0) is 30.7 Å². The van der Waals surface area contributed by atoms with E-state index in [2.05, 4.69) is 16.7 Å². The molecule has 6 nitrogen and oxygen atoms in total. The third-order valence-corrected chi connectivity index (χ3v) is 7.80. The maximum atomic E-state index is 13.5. The molecule has 1 heterocycles. The molecule has 1 aliphatic heterocycles. The fraction of sp³-hybridized carbons (Fsp3) is 0.286. The highest BCUT2D eigenvalue weighted by atomic mass is 32.2. The number of ether oxygens (including phenoxy) is 1. The van der Waals surface area contributed by atoms with E-state index < -0.39 is 10.0 Å². The van der Waals surface area contributed by atoms with Gasteiger partial charge >= 0.3 is 0 Å². The Morgan fingerprint density at radius 3 is 2.31 bits per heavy atom. The second-order valence-corrected chi connectivity index (χ2v) is 10.4. The van der Waals surface area contributed by atoms with E-state index in [1.807, 2.05) is 49.4 Å². The molecule has 7 heteroatoms. The number of hydrogen-bond acceptors (Lipinski definition) is 5. The zero-order valence-electron chi connectivity index (χ0n) is 19.8. The molecule has 35 heavy (non-hydrogen) atoms. The Hall–Kier alpha value is -3.15. The van der Waals surface area contributed by atoms with Crippen molar-refractivity contribution in [1.29, 1.82) is 0 Å². The van der Waals surface area contributed by atoms with E-state index in [0.29, 0.717) is 31.9 Å². The number of para-hydroxylation sites is 1. The molecule has 0 bridgehead atoms. The first-order chi connectivity index (χ1) is 16.9. The van der Waals surface area contributed by atoms with Crippen molar-refractivity contribution in [2.45, 2.75) is 24.4 Å². The van der Waals surface area contributed by atoms with Crippen LogP contribution < -0.4 is 0 Å². The third kappa shape index (κ3) is 6.30. The van der Waals surface area contributed by atoms with E-state index in [0.717, 1.165) is 11.1 Å². The SMILES string of the molecule is Cc1ccc(S(=O)(=O)N(CC#CC(c2ccccc2O)N2CCOCC2)Cc2ccccc2)cc1. The molecule has 0 aliphatic carbocycles. The summed E-state index contributed by atoms with van der Waals surface area (Å²) in [5.74, 6) is 6.54. The average Bonchev–Trinajstić information content (AvgIpc) is 2.88. The first-order valence-electron chi connectivity index (χ1n) is 11.6. The van der Waals surface area contributed by atoms with Gasteiger partial charge in [-0.3, -0.25) is 4.90 Å². The zero-order valence-corrected chi connectivity index (χ0v) is 20.6. The van der Waals surface area contributed by atoms with Crippen LogP contribution in [0.25, 0.3) is 0 Å². The predicted octanol–water partition coefficient (Wildman–Crippen LogP) is 3.97. The second-order valence-electron chi connectivity index (χ2n) is 8.50. The Morgan fingerprint density at radius 2 is 1.63 bits per heavy atom. The summed E-state index contributed by atoms with van der Waals surface area (Å²) >= 11 is 0. The van der Waals surface area contributed by atoms with E-state index >= 15 is 0 Å². The number of nitrogens with zero attached hydrogens (tertiary/aromatic N) is 2. The van der Waals surface area contributed by atoms with E-state index in [4.69, 9.17) is 4.74 Å². The largest absolute Gasteiger partial charge is 0.508 e. The summed E-state index contributed by atoms with van der Waals surface area (Å²) in [5.41, 5.74) is 2.59. The molecule has 1 aliphatic rings. The lowest BCUT2D eigenvalue weighted by molar-refractivity contribution is 0.0266. The van der Waals surface area contributed by atoms with Crippen molar-refractivity contribution in [1.82, 2.24) is 9.21 Å².